The molecule has 0 aliphatic rings. The van der Waals surface area contributed by atoms with Crippen molar-refractivity contribution in [3.63, 3.8) is 0 Å². The first kappa shape index (κ1) is 15.5. The van der Waals surface area contributed by atoms with Gasteiger partial charge in [0.1, 0.15) is 6.04 Å². The Morgan fingerprint density at radius 3 is 2.29 bits per heavy atom. The Kier molecular flexibility index (Phi) is 5.37. The lowest BCUT2D eigenvalue weighted by Gasteiger charge is -2.20. The molecule has 0 fully saturated rings. The lowest BCUT2D eigenvalue weighted by atomic mass is 10.0. The summed E-state index contributed by atoms with van der Waals surface area (Å²) < 4.78 is 0. The van der Waals surface area contributed by atoms with Crippen molar-refractivity contribution < 1.29 is 4.79 Å². The van der Waals surface area contributed by atoms with Gasteiger partial charge in [-0.3, -0.25) is 4.79 Å². The maximum Gasteiger partial charge on any atom is 0.241 e. The van der Waals surface area contributed by atoms with Crippen LogP contribution in [0.4, 0.5) is 0 Å². The molecule has 0 bridgehead atoms. The molecule has 2 aromatic carbocycles. The summed E-state index contributed by atoms with van der Waals surface area (Å²) in [5, 5.41) is 3.68. The van der Waals surface area contributed by atoms with Gasteiger partial charge in [0.2, 0.25) is 5.91 Å². The zero-order valence-corrected chi connectivity index (χ0v) is 12.7. The van der Waals surface area contributed by atoms with E-state index in [1.54, 1.807) is 0 Å². The van der Waals surface area contributed by atoms with Crippen LogP contribution in [0.25, 0.3) is 0 Å². The highest BCUT2D eigenvalue weighted by molar-refractivity contribution is 6.30. The smallest absolute Gasteiger partial charge is 0.241 e. The maximum atomic E-state index is 12.3. The Bertz CT molecular complexity index is 583. The lowest BCUT2D eigenvalue weighted by molar-refractivity contribution is -0.123. The number of halogens is 1. The van der Waals surface area contributed by atoms with Gasteiger partial charge in [-0.15, -0.1) is 0 Å². The summed E-state index contributed by atoms with van der Waals surface area (Å²) in [4.78, 5) is 12.3. The molecule has 1 unspecified atom stereocenters. The summed E-state index contributed by atoms with van der Waals surface area (Å²) in [6.45, 7) is 2.02. The van der Waals surface area contributed by atoms with Crippen LogP contribution in [0.1, 0.15) is 36.6 Å². The second kappa shape index (κ2) is 7.25. The second-order valence-corrected chi connectivity index (χ2v) is 5.35. The SMILES string of the molecule is CCC(NC(=O)[C@@H](N)c1ccccc1)c1ccc(Cl)cc1. The highest BCUT2D eigenvalue weighted by Gasteiger charge is 2.19. The Morgan fingerprint density at radius 2 is 1.71 bits per heavy atom. The second-order valence-electron chi connectivity index (χ2n) is 4.91. The quantitative estimate of drug-likeness (QED) is 0.886. The molecule has 0 saturated carbocycles. The summed E-state index contributed by atoms with van der Waals surface area (Å²) >= 11 is 5.89. The third kappa shape index (κ3) is 4.06. The fourth-order valence-corrected chi connectivity index (χ4v) is 2.32. The molecule has 0 spiro atoms. The van der Waals surface area contributed by atoms with Crippen LogP contribution in [0.3, 0.4) is 0 Å². The van der Waals surface area contributed by atoms with Gasteiger partial charge in [0.25, 0.3) is 0 Å². The summed E-state index contributed by atoms with van der Waals surface area (Å²) in [7, 11) is 0. The van der Waals surface area contributed by atoms with Gasteiger partial charge >= 0.3 is 0 Å². The predicted molar refractivity (Wildman–Crippen MR) is 86.0 cm³/mol. The number of nitrogens with two attached hydrogens (primary N) is 1. The number of hydrogen-bond acceptors (Lipinski definition) is 2. The van der Waals surface area contributed by atoms with E-state index >= 15 is 0 Å². The highest BCUT2D eigenvalue weighted by Crippen LogP contribution is 2.20. The molecule has 4 heteroatoms. The number of amides is 1. The van der Waals surface area contributed by atoms with Crippen LogP contribution in [0.5, 0.6) is 0 Å². The minimum Gasteiger partial charge on any atom is -0.348 e. The van der Waals surface area contributed by atoms with Crippen molar-refractivity contribution in [2.75, 3.05) is 0 Å². The van der Waals surface area contributed by atoms with Crippen LogP contribution in [0.15, 0.2) is 54.6 Å². The molecular formula is C17H19ClN2O. The van der Waals surface area contributed by atoms with E-state index in [1.165, 1.54) is 0 Å². The van der Waals surface area contributed by atoms with Gasteiger partial charge in [0.15, 0.2) is 0 Å². The van der Waals surface area contributed by atoms with Gasteiger partial charge in [0, 0.05) is 5.02 Å². The summed E-state index contributed by atoms with van der Waals surface area (Å²) in [5.74, 6) is -0.178. The Morgan fingerprint density at radius 1 is 1.10 bits per heavy atom. The number of benzene rings is 2. The van der Waals surface area contributed by atoms with Crippen LogP contribution >= 0.6 is 11.6 Å². The lowest BCUT2D eigenvalue weighted by Crippen LogP contribution is -2.36. The normalized spacial score (nSPS) is 13.5. The molecule has 1 amide bonds. The largest absolute Gasteiger partial charge is 0.348 e. The van der Waals surface area contributed by atoms with E-state index in [0.717, 1.165) is 17.5 Å². The highest BCUT2D eigenvalue weighted by atomic mass is 35.5. The van der Waals surface area contributed by atoms with Crippen molar-refractivity contribution in [2.45, 2.75) is 25.4 Å². The fourth-order valence-electron chi connectivity index (χ4n) is 2.19. The first-order chi connectivity index (χ1) is 10.1. The number of carbonyl (C=O) groups excluding carboxylic acids is 1. The first-order valence-corrected chi connectivity index (χ1v) is 7.36. The predicted octanol–water partition coefficient (Wildman–Crippen LogP) is 3.61. The number of nitrogens with one attached hydrogen (secondary N) is 1. The van der Waals surface area contributed by atoms with E-state index in [9.17, 15) is 4.79 Å². The van der Waals surface area contributed by atoms with E-state index in [4.69, 9.17) is 17.3 Å². The van der Waals surface area contributed by atoms with Crippen LogP contribution in [0.2, 0.25) is 5.02 Å². The van der Waals surface area contributed by atoms with Gasteiger partial charge < -0.3 is 11.1 Å². The Balaban J connectivity index is 2.08. The molecule has 0 aromatic heterocycles. The third-order valence-corrected chi connectivity index (χ3v) is 3.69. The van der Waals surface area contributed by atoms with Crippen molar-refractivity contribution >= 4 is 17.5 Å². The molecule has 3 nitrogen and oxygen atoms in total. The molecule has 2 atom stereocenters. The van der Waals surface area contributed by atoms with Crippen LogP contribution in [-0.2, 0) is 4.79 Å². The Hall–Kier alpha value is -1.84. The van der Waals surface area contributed by atoms with E-state index < -0.39 is 6.04 Å². The zero-order valence-electron chi connectivity index (χ0n) is 11.9. The average molecular weight is 303 g/mol. The molecule has 0 aliphatic carbocycles. The molecule has 0 aliphatic heterocycles. The maximum absolute atomic E-state index is 12.3. The minimum atomic E-state index is -0.660. The zero-order chi connectivity index (χ0) is 15.2. The van der Waals surface area contributed by atoms with Gasteiger partial charge in [0.05, 0.1) is 6.04 Å². The Labute approximate surface area is 130 Å². The minimum absolute atomic E-state index is 0.0653. The van der Waals surface area contributed by atoms with E-state index in [0.29, 0.717) is 5.02 Å². The molecule has 0 heterocycles. The summed E-state index contributed by atoms with van der Waals surface area (Å²) in [6, 6.07) is 16.1. The third-order valence-electron chi connectivity index (χ3n) is 3.44. The standard InChI is InChI=1S/C17H19ClN2O/c1-2-15(12-8-10-14(18)11-9-12)20-17(21)16(19)13-6-4-3-5-7-13/h3-11,15-16H,2,19H2,1H3,(H,20,21)/t15?,16-/m0/s1. The van der Waals surface area contributed by atoms with Gasteiger partial charge in [-0.1, -0.05) is 61.0 Å². The van der Waals surface area contributed by atoms with Gasteiger partial charge in [-0.25, -0.2) is 0 Å². The van der Waals surface area contributed by atoms with Gasteiger partial charge in [-0.05, 0) is 29.7 Å². The van der Waals surface area contributed by atoms with E-state index in [1.807, 2.05) is 61.5 Å². The van der Waals surface area contributed by atoms with E-state index in [2.05, 4.69) is 5.32 Å². The first-order valence-electron chi connectivity index (χ1n) is 6.98. The molecular weight excluding hydrogens is 284 g/mol. The number of rotatable bonds is 5. The van der Waals surface area contributed by atoms with Crippen LogP contribution in [0, 0.1) is 0 Å². The van der Waals surface area contributed by atoms with Gasteiger partial charge in [-0.2, -0.15) is 0 Å². The van der Waals surface area contributed by atoms with E-state index in [-0.39, 0.29) is 11.9 Å². The summed E-state index contributed by atoms with van der Waals surface area (Å²) in [5.41, 5.74) is 7.84. The van der Waals surface area contributed by atoms with Crippen molar-refractivity contribution in [3.05, 3.63) is 70.7 Å². The van der Waals surface area contributed by atoms with Crippen LogP contribution < -0.4 is 11.1 Å². The number of carbonyl (C=O) groups is 1. The fraction of sp³-hybridized carbons (Fsp3) is 0.235. The number of hydrogen-bond donors (Lipinski definition) is 2. The van der Waals surface area contributed by atoms with Crippen molar-refractivity contribution in [2.24, 2.45) is 5.73 Å². The van der Waals surface area contributed by atoms with Crippen LogP contribution in [-0.4, -0.2) is 5.91 Å². The topological polar surface area (TPSA) is 55.1 Å². The monoisotopic (exact) mass is 302 g/mol. The molecule has 2 rings (SSSR count). The molecule has 0 saturated heterocycles. The molecule has 0 radical (unpaired) electrons. The van der Waals surface area contributed by atoms with Crippen molar-refractivity contribution in [1.82, 2.24) is 5.32 Å². The van der Waals surface area contributed by atoms with Crippen molar-refractivity contribution in [3.8, 4) is 0 Å². The summed E-state index contributed by atoms with van der Waals surface area (Å²) in [6.07, 6.45) is 0.787. The molecule has 110 valence electrons. The molecule has 21 heavy (non-hydrogen) atoms. The molecule has 2 aromatic rings. The average Bonchev–Trinajstić information content (AvgIpc) is 2.53. The van der Waals surface area contributed by atoms with Crippen molar-refractivity contribution in [1.29, 1.82) is 0 Å². The molecule has 3 N–H and O–H groups in total.